The molecule has 14 nitrogen and oxygen atoms in total. The molecule has 2 aromatic heterocycles. The van der Waals surface area contributed by atoms with Crippen molar-refractivity contribution in [3.05, 3.63) is 86.4 Å². The van der Waals surface area contributed by atoms with Crippen LogP contribution < -0.4 is 21.4 Å². The van der Waals surface area contributed by atoms with Crippen LogP contribution in [0, 0.1) is 17.8 Å². The maximum absolute atomic E-state index is 14.5. The SMILES string of the molecule is CC=C(CCO)C(=O)OC1(C)CC=C2CSSC3CC(C=O)C(NC)C4CN(C(=O)Cc5cnc(N)cc5C2C12Cc1cc5cc(CC(CO)CCCO)c(=O)oc5cc1O2)C34. The second-order valence-corrected chi connectivity index (χ2v) is 20.2. The smallest absolute Gasteiger partial charge is 0.339 e. The standard InChI is InChI=1S/C46H56N4O10S2/c1-4-26(8-11-52)44(57)60-45(2)9-7-27-24-61-62-37-15-32(23-54)41(48-3)34-21-50(42(34)37)39(55)16-31-20-49-38(47)17-33(31)40(27)46(45)19-30-14-28-13-29(12-25(22-53)6-5-10-51)43(56)58-35(28)18-36(30)59-46/h4,7,13-14,17-18,20,23,25,32,34,37,40-42,48,51-53H,5-6,8-12,15-16,19,21-22,24H2,1-3H3,(H2,47,49). The van der Waals surface area contributed by atoms with E-state index in [1.165, 1.54) is 0 Å². The molecular weight excluding hydrogens is 833 g/mol. The van der Waals surface area contributed by atoms with Crippen LogP contribution >= 0.6 is 21.6 Å². The number of nitrogens with zero attached hydrogens (tertiary/aromatic N) is 2. The number of aromatic nitrogens is 1. The van der Waals surface area contributed by atoms with E-state index in [9.17, 15) is 34.5 Å². The Balaban J connectivity index is 1.25. The Hall–Kier alpha value is -4.19. The zero-order chi connectivity index (χ0) is 43.9. The first-order valence-electron chi connectivity index (χ1n) is 21.5. The number of aliphatic hydroxyl groups is 3. The maximum atomic E-state index is 14.5. The van der Waals surface area contributed by atoms with E-state index >= 15 is 0 Å². The molecule has 332 valence electrons. The van der Waals surface area contributed by atoms with Crippen LogP contribution in [0.2, 0.25) is 0 Å². The monoisotopic (exact) mass is 888 g/mol. The van der Waals surface area contributed by atoms with Crippen LogP contribution in [0.1, 0.15) is 74.1 Å². The lowest BCUT2D eigenvalue weighted by molar-refractivity contribution is -0.183. The summed E-state index contributed by atoms with van der Waals surface area (Å²) in [6.45, 7) is 3.75. The Kier molecular flexibility index (Phi) is 13.0. The number of aliphatic hydroxyl groups excluding tert-OH is 3. The lowest BCUT2D eigenvalue weighted by atomic mass is 9.61. The number of rotatable bonds is 12. The average Bonchev–Trinajstić information content (AvgIpc) is 3.61. The highest BCUT2D eigenvalue weighted by atomic mass is 33.1. The van der Waals surface area contributed by atoms with Crippen molar-refractivity contribution in [2.45, 2.75) is 99.7 Å². The van der Waals surface area contributed by atoms with Gasteiger partial charge in [0.25, 0.3) is 0 Å². The molecule has 6 N–H and O–H groups in total. The highest BCUT2D eigenvalue weighted by Gasteiger charge is 2.64. The van der Waals surface area contributed by atoms with Gasteiger partial charge in [-0.15, -0.1) is 0 Å². The van der Waals surface area contributed by atoms with Crippen LogP contribution in [-0.2, 0) is 38.4 Å². The summed E-state index contributed by atoms with van der Waals surface area (Å²) in [6.07, 6.45) is 9.14. The highest BCUT2D eigenvalue weighted by molar-refractivity contribution is 8.77. The summed E-state index contributed by atoms with van der Waals surface area (Å²) < 4.78 is 19.8. The fraction of sp³-hybridized carbons (Fsp3) is 0.543. The lowest BCUT2D eigenvalue weighted by Gasteiger charge is -2.58. The van der Waals surface area contributed by atoms with Crippen molar-refractivity contribution in [2.75, 3.05) is 44.9 Å². The Morgan fingerprint density at radius 2 is 2.00 bits per heavy atom. The molecule has 1 saturated carbocycles. The van der Waals surface area contributed by atoms with Crippen LogP contribution in [0.25, 0.3) is 11.0 Å². The van der Waals surface area contributed by atoms with Gasteiger partial charge in [0.1, 0.15) is 23.4 Å². The Labute approximate surface area is 368 Å². The largest absolute Gasteiger partial charge is 0.481 e. The Morgan fingerprint density at radius 3 is 2.73 bits per heavy atom. The van der Waals surface area contributed by atoms with E-state index in [0.29, 0.717) is 65.0 Å². The molecule has 9 unspecified atom stereocenters. The number of carbonyl (C=O) groups excluding carboxylic acids is 3. The first-order chi connectivity index (χ1) is 29.9. The fourth-order valence-corrected chi connectivity index (χ4v) is 13.9. The number of fused-ring (bicyclic) bond motifs is 6. The van der Waals surface area contributed by atoms with Gasteiger partial charge in [-0.25, -0.2) is 14.6 Å². The lowest BCUT2D eigenvalue weighted by Crippen LogP contribution is -2.72. The van der Waals surface area contributed by atoms with Crippen molar-refractivity contribution in [3.63, 3.8) is 0 Å². The number of nitrogen functional groups attached to an aromatic ring is 1. The molecule has 3 aromatic rings. The van der Waals surface area contributed by atoms with Crippen LogP contribution in [0.3, 0.4) is 0 Å². The van der Waals surface area contributed by atoms with Gasteiger partial charge in [0.05, 0.1) is 18.4 Å². The molecule has 2 aliphatic carbocycles. The van der Waals surface area contributed by atoms with Gasteiger partial charge < -0.3 is 50.0 Å². The number of nitrogens with one attached hydrogen (secondary N) is 1. The molecule has 3 aliphatic heterocycles. The number of carbonyl (C=O) groups is 3. The summed E-state index contributed by atoms with van der Waals surface area (Å²) in [5, 5.41) is 33.3. The van der Waals surface area contributed by atoms with Crippen molar-refractivity contribution in [3.8, 4) is 5.75 Å². The number of allylic oxidation sites excluding steroid dienone is 1. The number of aldehydes is 1. The van der Waals surface area contributed by atoms with Gasteiger partial charge in [0.15, 0.2) is 11.2 Å². The van der Waals surface area contributed by atoms with Gasteiger partial charge in [-0.1, -0.05) is 39.3 Å². The molecular formula is C46H56N4O10S2. The molecule has 9 atom stereocenters. The molecule has 1 saturated heterocycles. The first kappa shape index (κ1) is 44.4. The molecule has 1 amide bonds. The summed E-state index contributed by atoms with van der Waals surface area (Å²) >= 11 is 0. The van der Waals surface area contributed by atoms with Gasteiger partial charge in [-0.05, 0) is 87.4 Å². The van der Waals surface area contributed by atoms with Crippen LogP contribution in [0.5, 0.6) is 5.75 Å². The van der Waals surface area contributed by atoms with Gasteiger partial charge >= 0.3 is 11.6 Å². The maximum Gasteiger partial charge on any atom is 0.339 e. The third kappa shape index (κ3) is 7.89. The zero-order valence-corrected chi connectivity index (χ0v) is 37.0. The highest BCUT2D eigenvalue weighted by Crippen LogP contribution is 2.59. The number of hydrogen-bond acceptors (Lipinski definition) is 15. The number of anilines is 1. The van der Waals surface area contributed by atoms with Crippen LogP contribution in [0.4, 0.5) is 5.82 Å². The van der Waals surface area contributed by atoms with Crippen LogP contribution in [-0.4, -0.2) is 111 Å². The molecule has 2 fully saturated rings. The summed E-state index contributed by atoms with van der Waals surface area (Å²) in [5.74, 6) is -0.224. The van der Waals surface area contributed by atoms with Crippen LogP contribution in [0.15, 0.2) is 63.0 Å². The van der Waals surface area contributed by atoms with E-state index in [4.69, 9.17) is 19.6 Å². The van der Waals surface area contributed by atoms with E-state index in [2.05, 4.69) is 16.4 Å². The molecule has 1 aromatic carbocycles. The summed E-state index contributed by atoms with van der Waals surface area (Å²) in [4.78, 5) is 60.8. The van der Waals surface area contributed by atoms with E-state index in [0.717, 1.165) is 23.0 Å². The quantitative estimate of drug-likeness (QED) is 0.0433. The molecule has 1 spiro atoms. The molecule has 16 heteroatoms. The topological polar surface area (TPSA) is 215 Å². The van der Waals surface area contributed by atoms with Crippen molar-refractivity contribution in [2.24, 2.45) is 17.8 Å². The summed E-state index contributed by atoms with van der Waals surface area (Å²) in [7, 11) is 5.28. The molecule has 5 heterocycles. The number of ether oxygens (including phenoxy) is 2. The van der Waals surface area contributed by atoms with Crippen molar-refractivity contribution < 1.29 is 43.6 Å². The molecule has 62 heavy (non-hydrogen) atoms. The van der Waals surface area contributed by atoms with E-state index in [1.807, 2.05) is 24.9 Å². The number of esters is 1. The third-order valence-corrected chi connectivity index (χ3v) is 16.8. The van der Waals surface area contributed by atoms with Crippen molar-refractivity contribution in [1.82, 2.24) is 15.2 Å². The molecule has 0 radical (unpaired) electrons. The number of pyridine rings is 1. The predicted molar refractivity (Wildman–Crippen MR) is 238 cm³/mol. The Bertz CT molecular complexity index is 2350. The fourth-order valence-electron chi connectivity index (χ4n) is 10.8. The molecule has 8 rings (SSSR count). The second kappa shape index (κ2) is 18.1. The van der Waals surface area contributed by atoms with Crippen molar-refractivity contribution >= 4 is 56.5 Å². The number of benzene rings is 1. The minimum atomic E-state index is -1.33. The normalized spacial score (nSPS) is 29.8. The Morgan fingerprint density at radius 1 is 1.18 bits per heavy atom. The average molecular weight is 889 g/mol. The third-order valence-electron chi connectivity index (χ3n) is 14.0. The van der Waals surface area contributed by atoms with E-state index in [-0.39, 0.29) is 98.7 Å². The van der Waals surface area contributed by atoms with Gasteiger partial charge in [-0.3, -0.25) is 4.79 Å². The molecule has 5 aliphatic rings. The van der Waals surface area contributed by atoms with E-state index in [1.54, 1.807) is 59.0 Å². The van der Waals surface area contributed by atoms with Gasteiger partial charge in [-0.2, -0.15) is 0 Å². The summed E-state index contributed by atoms with van der Waals surface area (Å²) in [5.41, 5.74) is 7.60. The minimum absolute atomic E-state index is 0.0112. The van der Waals surface area contributed by atoms with E-state index < -0.39 is 28.7 Å². The molecule has 0 bridgehead atoms. The summed E-state index contributed by atoms with van der Waals surface area (Å²) in [6, 6.07) is 7.20. The number of nitrogens with two attached hydrogens (primary N) is 1. The number of amides is 1. The second-order valence-electron chi connectivity index (χ2n) is 17.6. The predicted octanol–water partition coefficient (Wildman–Crippen LogP) is 4.05. The van der Waals surface area contributed by atoms with Crippen molar-refractivity contribution in [1.29, 1.82) is 0 Å². The number of hydrogen-bond donors (Lipinski definition) is 5. The minimum Gasteiger partial charge on any atom is -0.481 e. The van der Waals surface area contributed by atoms with Gasteiger partial charge in [0.2, 0.25) is 5.91 Å². The van der Waals surface area contributed by atoms with Gasteiger partial charge in [0, 0.05) is 103 Å². The first-order valence-corrected chi connectivity index (χ1v) is 23.9. The zero-order valence-electron chi connectivity index (χ0n) is 35.3.